The van der Waals surface area contributed by atoms with Gasteiger partial charge in [0.05, 0.1) is 11.7 Å². The van der Waals surface area contributed by atoms with Gasteiger partial charge in [0.15, 0.2) is 5.78 Å². The lowest BCUT2D eigenvalue weighted by Crippen LogP contribution is -2.35. The van der Waals surface area contributed by atoms with E-state index in [1.165, 1.54) is 0 Å². The Morgan fingerprint density at radius 1 is 1.03 bits per heavy atom. The molecular formula is C28H29NO4. The summed E-state index contributed by atoms with van der Waals surface area (Å²) in [5.74, 6) is -0.689. The third-order valence-corrected chi connectivity index (χ3v) is 6.77. The Labute approximate surface area is 194 Å². The molecule has 0 bridgehead atoms. The van der Waals surface area contributed by atoms with Crippen LogP contribution in [0.15, 0.2) is 77.1 Å². The summed E-state index contributed by atoms with van der Waals surface area (Å²) in [5.41, 5.74) is 6.10. The van der Waals surface area contributed by atoms with E-state index in [2.05, 4.69) is 29.6 Å². The van der Waals surface area contributed by atoms with Crippen LogP contribution >= 0.6 is 0 Å². The van der Waals surface area contributed by atoms with Gasteiger partial charge in [0.25, 0.3) is 0 Å². The smallest absolute Gasteiger partial charge is 0.336 e. The maximum absolute atomic E-state index is 13.3. The first kappa shape index (κ1) is 21.7. The van der Waals surface area contributed by atoms with Gasteiger partial charge in [-0.25, -0.2) is 4.79 Å². The summed E-state index contributed by atoms with van der Waals surface area (Å²) in [4.78, 5) is 26.4. The van der Waals surface area contributed by atoms with Crippen LogP contribution in [0.1, 0.15) is 50.5 Å². The highest BCUT2D eigenvalue weighted by Gasteiger charge is 2.39. The number of carbonyl (C=O) groups excluding carboxylic acids is 2. The van der Waals surface area contributed by atoms with E-state index in [4.69, 9.17) is 9.47 Å². The largest absolute Gasteiger partial charge is 0.459 e. The van der Waals surface area contributed by atoms with Crippen LogP contribution < -0.4 is 5.32 Å². The van der Waals surface area contributed by atoms with Crippen molar-refractivity contribution in [1.82, 2.24) is 5.32 Å². The number of rotatable bonds is 5. The molecule has 1 saturated heterocycles. The Balaban J connectivity index is 1.49. The number of ketones is 1. The van der Waals surface area contributed by atoms with Crippen LogP contribution in [0.2, 0.25) is 0 Å². The van der Waals surface area contributed by atoms with E-state index in [0.717, 1.165) is 53.8 Å². The number of dihydropyridines is 1. The Morgan fingerprint density at radius 2 is 1.79 bits per heavy atom. The summed E-state index contributed by atoms with van der Waals surface area (Å²) in [6.07, 6.45) is 4.01. The summed E-state index contributed by atoms with van der Waals surface area (Å²) < 4.78 is 11.3. The number of ether oxygens (including phenoxy) is 2. The highest BCUT2D eigenvalue weighted by atomic mass is 16.6. The zero-order valence-corrected chi connectivity index (χ0v) is 18.9. The molecule has 0 radical (unpaired) electrons. The van der Waals surface area contributed by atoms with Crippen molar-refractivity contribution in [1.29, 1.82) is 0 Å². The lowest BCUT2D eigenvalue weighted by atomic mass is 9.75. The molecule has 0 spiro atoms. The molecule has 0 amide bonds. The van der Waals surface area contributed by atoms with Crippen molar-refractivity contribution in [3.63, 3.8) is 0 Å². The van der Waals surface area contributed by atoms with Gasteiger partial charge < -0.3 is 14.8 Å². The first-order valence-electron chi connectivity index (χ1n) is 11.8. The topological polar surface area (TPSA) is 64.6 Å². The third-order valence-electron chi connectivity index (χ3n) is 6.77. The molecule has 2 heterocycles. The number of hydrogen-bond donors (Lipinski definition) is 1. The van der Waals surface area contributed by atoms with Crippen LogP contribution in [0.5, 0.6) is 0 Å². The first-order valence-corrected chi connectivity index (χ1v) is 11.8. The quantitative estimate of drug-likeness (QED) is 0.656. The van der Waals surface area contributed by atoms with E-state index in [9.17, 15) is 9.59 Å². The van der Waals surface area contributed by atoms with E-state index < -0.39 is 5.92 Å². The number of benzene rings is 2. The summed E-state index contributed by atoms with van der Waals surface area (Å²) in [7, 11) is 0. The number of allylic oxidation sites excluding steroid dienone is 3. The molecule has 5 nitrogen and oxygen atoms in total. The highest BCUT2D eigenvalue weighted by Crippen LogP contribution is 2.43. The number of Topliss-reactive ketones (excluding diaryl/α,β-unsaturated/α-hetero) is 1. The molecule has 170 valence electrons. The van der Waals surface area contributed by atoms with Crippen LogP contribution in [-0.2, 0) is 19.1 Å². The monoisotopic (exact) mass is 443 g/mol. The van der Waals surface area contributed by atoms with Crippen LogP contribution in [0.4, 0.5) is 0 Å². The maximum atomic E-state index is 13.3. The van der Waals surface area contributed by atoms with Gasteiger partial charge in [-0.2, -0.15) is 0 Å². The summed E-state index contributed by atoms with van der Waals surface area (Å²) in [6, 6.07) is 18.4. The van der Waals surface area contributed by atoms with Crippen molar-refractivity contribution in [3.05, 3.63) is 82.7 Å². The molecule has 2 atom stereocenters. The summed E-state index contributed by atoms with van der Waals surface area (Å²) in [5, 5.41) is 3.35. The Kier molecular flexibility index (Phi) is 6.14. The number of hydrogen-bond acceptors (Lipinski definition) is 5. The minimum atomic E-state index is -0.420. The fourth-order valence-corrected chi connectivity index (χ4v) is 5.11. The van der Waals surface area contributed by atoms with E-state index in [-0.39, 0.29) is 24.5 Å². The molecule has 0 aromatic heterocycles. The van der Waals surface area contributed by atoms with E-state index in [1.807, 2.05) is 37.3 Å². The lowest BCUT2D eigenvalue weighted by Gasteiger charge is -2.34. The van der Waals surface area contributed by atoms with Crippen LogP contribution in [0.3, 0.4) is 0 Å². The van der Waals surface area contributed by atoms with Crippen LogP contribution in [0, 0.1) is 0 Å². The average Bonchev–Trinajstić information content (AvgIpc) is 3.36. The van der Waals surface area contributed by atoms with Crippen molar-refractivity contribution in [3.8, 4) is 11.1 Å². The second-order valence-electron chi connectivity index (χ2n) is 8.99. The molecule has 33 heavy (non-hydrogen) atoms. The molecule has 1 fully saturated rings. The van der Waals surface area contributed by atoms with Crippen LogP contribution in [-0.4, -0.2) is 31.1 Å². The van der Waals surface area contributed by atoms with Crippen molar-refractivity contribution in [2.75, 3.05) is 13.2 Å². The van der Waals surface area contributed by atoms with Gasteiger partial charge in [-0.3, -0.25) is 4.79 Å². The molecule has 3 aliphatic rings. The second kappa shape index (κ2) is 9.36. The average molecular weight is 444 g/mol. The van der Waals surface area contributed by atoms with Crippen molar-refractivity contribution >= 4 is 11.8 Å². The molecule has 2 aromatic rings. The molecule has 5 heteroatoms. The Bertz CT molecular complexity index is 1110. The van der Waals surface area contributed by atoms with Gasteiger partial charge in [0, 0.05) is 35.9 Å². The van der Waals surface area contributed by atoms with Gasteiger partial charge in [-0.05, 0) is 49.3 Å². The standard InChI is InChI=1S/C28H29NO4/c1-18-25(28(31)33-17-22-9-6-16-32-22)26(27-23(29-18)10-5-11-24(27)30)21-14-12-20(13-15-21)19-7-3-2-4-8-19/h2-4,7-8,12-15,22,26,29H,5-6,9-11,16-17H2,1H3. The van der Waals surface area contributed by atoms with Gasteiger partial charge in [-0.15, -0.1) is 0 Å². The van der Waals surface area contributed by atoms with Crippen molar-refractivity contribution in [2.24, 2.45) is 0 Å². The zero-order valence-electron chi connectivity index (χ0n) is 18.9. The summed E-state index contributed by atoms with van der Waals surface area (Å²) >= 11 is 0. The van der Waals surface area contributed by atoms with Gasteiger partial charge in [0.1, 0.15) is 6.61 Å². The second-order valence-corrected chi connectivity index (χ2v) is 8.99. The molecular weight excluding hydrogens is 414 g/mol. The predicted molar refractivity (Wildman–Crippen MR) is 126 cm³/mol. The van der Waals surface area contributed by atoms with E-state index >= 15 is 0 Å². The normalized spacial score (nSPS) is 22.8. The molecule has 5 rings (SSSR count). The molecule has 2 unspecified atom stereocenters. The first-order chi connectivity index (χ1) is 16.1. The Morgan fingerprint density at radius 3 is 2.52 bits per heavy atom. The minimum Gasteiger partial charge on any atom is -0.459 e. The molecule has 0 saturated carbocycles. The fraction of sp³-hybridized carbons (Fsp3) is 0.357. The van der Waals surface area contributed by atoms with Crippen molar-refractivity contribution in [2.45, 2.75) is 51.0 Å². The lowest BCUT2D eigenvalue weighted by molar-refractivity contribution is -0.142. The van der Waals surface area contributed by atoms with Gasteiger partial charge >= 0.3 is 5.97 Å². The maximum Gasteiger partial charge on any atom is 0.336 e. The number of nitrogens with one attached hydrogen (secondary N) is 1. The van der Waals surface area contributed by atoms with Crippen LogP contribution in [0.25, 0.3) is 11.1 Å². The van der Waals surface area contributed by atoms with Gasteiger partial charge in [-0.1, -0.05) is 54.6 Å². The summed E-state index contributed by atoms with van der Waals surface area (Å²) in [6.45, 7) is 2.86. The molecule has 2 aliphatic heterocycles. The zero-order chi connectivity index (χ0) is 22.8. The number of carbonyl (C=O) groups is 2. The van der Waals surface area contributed by atoms with E-state index in [1.54, 1.807) is 0 Å². The number of esters is 1. The molecule has 1 aliphatic carbocycles. The minimum absolute atomic E-state index is 0.0406. The van der Waals surface area contributed by atoms with Gasteiger partial charge in [0.2, 0.25) is 0 Å². The fourth-order valence-electron chi connectivity index (χ4n) is 5.11. The molecule has 2 aromatic carbocycles. The third kappa shape index (κ3) is 4.38. The highest BCUT2D eigenvalue weighted by molar-refractivity contribution is 6.03. The SMILES string of the molecule is CC1=C(C(=O)OCC2CCCO2)C(c2ccc(-c3ccccc3)cc2)C2=C(CCCC2=O)N1. The van der Waals surface area contributed by atoms with E-state index in [0.29, 0.717) is 24.2 Å². The Hall–Kier alpha value is -3.18. The molecule has 1 N–H and O–H groups in total. The predicted octanol–water partition coefficient (Wildman–Crippen LogP) is 5.04. The van der Waals surface area contributed by atoms with Crippen molar-refractivity contribution < 1.29 is 19.1 Å².